The molecular formula is C34H45N5O3. The van der Waals surface area contributed by atoms with Crippen LogP contribution in [-0.2, 0) is 6.54 Å². The van der Waals surface area contributed by atoms with Gasteiger partial charge in [-0.05, 0) is 107 Å². The first-order valence-electron chi connectivity index (χ1n) is 15.0. The molecule has 0 bridgehead atoms. The van der Waals surface area contributed by atoms with E-state index in [2.05, 4.69) is 50.5 Å². The van der Waals surface area contributed by atoms with Crippen molar-refractivity contribution >= 4 is 17.5 Å². The Morgan fingerprint density at radius 3 is 2.40 bits per heavy atom. The van der Waals surface area contributed by atoms with E-state index in [4.69, 9.17) is 4.74 Å². The minimum absolute atomic E-state index is 0.0628. The molecule has 3 aromatic rings. The third-order valence-corrected chi connectivity index (χ3v) is 8.04. The van der Waals surface area contributed by atoms with E-state index in [1.807, 2.05) is 51.4 Å². The molecule has 0 spiro atoms. The van der Waals surface area contributed by atoms with Gasteiger partial charge in [0.05, 0.1) is 7.11 Å². The van der Waals surface area contributed by atoms with Crippen LogP contribution >= 0.6 is 0 Å². The highest BCUT2D eigenvalue weighted by molar-refractivity contribution is 5.99. The molecule has 2 aromatic carbocycles. The van der Waals surface area contributed by atoms with E-state index in [1.54, 1.807) is 25.3 Å². The highest BCUT2D eigenvalue weighted by atomic mass is 16.5. The lowest BCUT2D eigenvalue weighted by Crippen LogP contribution is -2.48. The molecular weight excluding hydrogens is 526 g/mol. The number of rotatable bonds is 12. The number of nitrogens with one attached hydrogen (secondary N) is 2. The van der Waals surface area contributed by atoms with Crippen LogP contribution in [0.5, 0.6) is 5.75 Å². The number of aromatic nitrogens is 1. The number of anilines is 1. The van der Waals surface area contributed by atoms with Crippen LogP contribution in [0.2, 0.25) is 0 Å². The number of carbonyl (C=O) groups excluding carboxylic acids is 2. The number of methoxy groups -OCH3 is 1. The van der Waals surface area contributed by atoms with Crippen molar-refractivity contribution in [2.24, 2.45) is 0 Å². The Hall–Kier alpha value is -3.91. The van der Waals surface area contributed by atoms with Gasteiger partial charge in [-0.15, -0.1) is 0 Å². The molecule has 1 aromatic heterocycles. The number of benzene rings is 2. The molecule has 1 fully saturated rings. The second kappa shape index (κ2) is 14.8. The lowest BCUT2D eigenvalue weighted by atomic mass is 9.99. The summed E-state index contributed by atoms with van der Waals surface area (Å²) < 4.78 is 5.38. The summed E-state index contributed by atoms with van der Waals surface area (Å²) in [5, 5.41) is 5.98. The van der Waals surface area contributed by atoms with Gasteiger partial charge >= 0.3 is 0 Å². The van der Waals surface area contributed by atoms with Crippen LogP contribution in [0.4, 0.5) is 5.69 Å². The molecule has 224 valence electrons. The highest BCUT2D eigenvalue weighted by Gasteiger charge is 2.27. The molecule has 0 radical (unpaired) electrons. The number of hydrogen-bond donors (Lipinski definition) is 2. The molecule has 1 aliphatic heterocycles. The summed E-state index contributed by atoms with van der Waals surface area (Å²) in [5.74, 6) is 0.638. The third kappa shape index (κ3) is 8.32. The van der Waals surface area contributed by atoms with Gasteiger partial charge in [-0.25, -0.2) is 0 Å². The average molecular weight is 572 g/mol. The van der Waals surface area contributed by atoms with Crippen molar-refractivity contribution in [3.05, 3.63) is 89.2 Å². The molecule has 8 heteroatoms. The first-order chi connectivity index (χ1) is 20.2. The molecule has 2 N–H and O–H groups in total. The van der Waals surface area contributed by atoms with Crippen molar-refractivity contribution in [3.63, 3.8) is 0 Å². The lowest BCUT2D eigenvalue weighted by Gasteiger charge is -2.42. The van der Waals surface area contributed by atoms with Gasteiger partial charge in [-0.1, -0.05) is 6.07 Å². The Morgan fingerprint density at radius 2 is 1.79 bits per heavy atom. The SMILES string of the molecule is COc1ccc(N(Cc2cccnc2)C2CCN([C@H](C)CCNC(=O)c3ccc(C(=O)NC(C)C)cc3C)CC2)cc1. The van der Waals surface area contributed by atoms with Crippen molar-refractivity contribution in [3.8, 4) is 5.75 Å². The van der Waals surface area contributed by atoms with E-state index < -0.39 is 0 Å². The Kier molecular flexibility index (Phi) is 11.0. The fourth-order valence-corrected chi connectivity index (χ4v) is 5.61. The number of hydrogen-bond acceptors (Lipinski definition) is 6. The molecule has 0 aliphatic carbocycles. The largest absolute Gasteiger partial charge is 0.497 e. The van der Waals surface area contributed by atoms with Gasteiger partial charge in [-0.3, -0.25) is 14.6 Å². The molecule has 2 amide bonds. The van der Waals surface area contributed by atoms with E-state index in [9.17, 15) is 9.59 Å². The Morgan fingerprint density at radius 1 is 1.05 bits per heavy atom. The number of amides is 2. The number of carbonyl (C=O) groups is 2. The monoisotopic (exact) mass is 571 g/mol. The van der Waals surface area contributed by atoms with E-state index >= 15 is 0 Å². The molecule has 1 atom stereocenters. The minimum Gasteiger partial charge on any atom is -0.497 e. The molecule has 2 heterocycles. The molecule has 8 nitrogen and oxygen atoms in total. The zero-order valence-electron chi connectivity index (χ0n) is 25.6. The van der Waals surface area contributed by atoms with Crippen LogP contribution in [0.15, 0.2) is 67.0 Å². The van der Waals surface area contributed by atoms with Crippen LogP contribution in [0.3, 0.4) is 0 Å². The van der Waals surface area contributed by atoms with Gasteiger partial charge in [0.2, 0.25) is 0 Å². The first kappa shape index (κ1) is 31.0. The van der Waals surface area contributed by atoms with Crippen LogP contribution in [0.1, 0.15) is 71.9 Å². The summed E-state index contributed by atoms with van der Waals surface area (Å²) in [6.45, 7) is 11.4. The predicted octanol–water partition coefficient (Wildman–Crippen LogP) is 5.22. The second-order valence-corrected chi connectivity index (χ2v) is 11.5. The minimum atomic E-state index is -0.123. The van der Waals surface area contributed by atoms with Crippen LogP contribution in [0.25, 0.3) is 0 Å². The Balaban J connectivity index is 1.29. The standard InChI is InChI=1S/C34H45N5O3/c1-24(2)37-33(40)28-8-13-32(25(3)21-28)34(41)36-18-14-26(4)38-19-15-30(16-20-38)39(23-27-7-6-17-35-22-27)29-9-11-31(42-5)12-10-29/h6-13,17,21-22,24,26,30H,14-16,18-20,23H2,1-5H3,(H,36,41)(H,37,40)/t26-/m1/s1. The topological polar surface area (TPSA) is 86.8 Å². The van der Waals surface area contributed by atoms with Crippen LogP contribution in [0, 0.1) is 6.92 Å². The summed E-state index contributed by atoms with van der Waals surface area (Å²) >= 11 is 0. The fourth-order valence-electron chi connectivity index (χ4n) is 5.61. The molecule has 42 heavy (non-hydrogen) atoms. The molecule has 4 rings (SSSR count). The first-order valence-corrected chi connectivity index (χ1v) is 15.0. The molecule has 1 saturated heterocycles. The van der Waals surface area contributed by atoms with Crippen LogP contribution < -0.4 is 20.3 Å². The quantitative estimate of drug-likeness (QED) is 0.310. The maximum absolute atomic E-state index is 12.9. The number of likely N-dealkylation sites (tertiary alicyclic amines) is 1. The van der Waals surface area contributed by atoms with E-state index in [0.717, 1.165) is 50.2 Å². The number of nitrogens with zero attached hydrogens (tertiary/aromatic N) is 3. The number of piperidine rings is 1. The molecule has 1 aliphatic rings. The van der Waals surface area contributed by atoms with Crippen molar-refractivity contribution in [1.82, 2.24) is 20.5 Å². The highest BCUT2D eigenvalue weighted by Crippen LogP contribution is 2.28. The molecule has 0 unspecified atom stereocenters. The summed E-state index contributed by atoms with van der Waals surface area (Å²) in [6, 6.07) is 18.6. The second-order valence-electron chi connectivity index (χ2n) is 11.5. The van der Waals surface area contributed by atoms with Crippen molar-refractivity contribution in [2.45, 2.75) is 71.6 Å². The van der Waals surface area contributed by atoms with Crippen molar-refractivity contribution in [1.29, 1.82) is 0 Å². The van der Waals surface area contributed by atoms with E-state index in [0.29, 0.717) is 29.8 Å². The van der Waals surface area contributed by atoms with Gasteiger partial charge in [0.15, 0.2) is 0 Å². The van der Waals surface area contributed by atoms with Crippen molar-refractivity contribution < 1.29 is 14.3 Å². The smallest absolute Gasteiger partial charge is 0.251 e. The summed E-state index contributed by atoms with van der Waals surface area (Å²) in [6.07, 6.45) is 6.77. The van der Waals surface area contributed by atoms with Gasteiger partial charge in [0, 0.05) is 73.5 Å². The lowest BCUT2D eigenvalue weighted by molar-refractivity contribution is 0.0931. The maximum Gasteiger partial charge on any atom is 0.251 e. The normalized spacial score (nSPS) is 14.8. The Bertz CT molecular complexity index is 1300. The zero-order valence-corrected chi connectivity index (χ0v) is 25.6. The van der Waals surface area contributed by atoms with Gasteiger partial charge < -0.3 is 25.2 Å². The van der Waals surface area contributed by atoms with Gasteiger partial charge in [0.1, 0.15) is 5.75 Å². The summed E-state index contributed by atoms with van der Waals surface area (Å²) in [5.41, 5.74) is 4.37. The summed E-state index contributed by atoms with van der Waals surface area (Å²) in [4.78, 5) is 34.5. The van der Waals surface area contributed by atoms with Gasteiger partial charge in [-0.2, -0.15) is 0 Å². The van der Waals surface area contributed by atoms with Gasteiger partial charge in [0.25, 0.3) is 11.8 Å². The number of ether oxygens (including phenoxy) is 1. The fraction of sp³-hybridized carbons (Fsp3) is 0.441. The summed E-state index contributed by atoms with van der Waals surface area (Å²) in [7, 11) is 1.69. The van der Waals surface area contributed by atoms with Crippen LogP contribution in [-0.4, -0.2) is 66.6 Å². The molecule has 0 saturated carbocycles. The zero-order chi connectivity index (χ0) is 30.1. The van der Waals surface area contributed by atoms with Crippen molar-refractivity contribution in [2.75, 3.05) is 31.6 Å². The predicted molar refractivity (Wildman–Crippen MR) is 168 cm³/mol. The van der Waals surface area contributed by atoms with E-state index in [1.165, 1.54) is 11.3 Å². The maximum atomic E-state index is 12.9. The van der Waals surface area contributed by atoms with E-state index in [-0.39, 0.29) is 17.9 Å². The Labute approximate surface area is 250 Å². The number of pyridine rings is 1. The average Bonchev–Trinajstić information content (AvgIpc) is 3.00. The number of aryl methyl sites for hydroxylation is 1. The third-order valence-electron chi connectivity index (χ3n) is 8.04.